The van der Waals surface area contributed by atoms with Crippen molar-refractivity contribution in [3.63, 3.8) is 0 Å². The second kappa shape index (κ2) is 6.54. The lowest BCUT2D eigenvalue weighted by Gasteiger charge is -2.31. The van der Waals surface area contributed by atoms with Crippen LogP contribution in [0.5, 0.6) is 0 Å². The maximum absolute atomic E-state index is 6.27. The van der Waals surface area contributed by atoms with E-state index in [0.29, 0.717) is 12.6 Å². The Bertz CT molecular complexity index is 703. The predicted octanol–water partition coefficient (Wildman–Crippen LogP) is 2.30. The molecule has 1 atom stereocenters. The molecular weight excluding hydrogens is 286 g/mol. The number of rotatable bonds is 5. The lowest BCUT2D eigenvalue weighted by molar-refractivity contribution is 0.233. The number of aromatic nitrogens is 1. The number of hydrogen-bond acceptors (Lipinski definition) is 4. The van der Waals surface area contributed by atoms with Crippen molar-refractivity contribution in [1.82, 2.24) is 20.5 Å². The van der Waals surface area contributed by atoms with Gasteiger partial charge >= 0.3 is 0 Å². The number of H-pyrrole nitrogens is 1. The smallest absolute Gasteiger partial charge is 0.0918 e. The van der Waals surface area contributed by atoms with Crippen LogP contribution in [0.4, 0.5) is 5.69 Å². The minimum atomic E-state index is 0.469. The number of nitrogens with zero attached hydrogens (tertiary/aromatic N) is 1. The number of nitrogens with two attached hydrogens (primary N) is 1. The maximum atomic E-state index is 6.27. The van der Waals surface area contributed by atoms with Gasteiger partial charge in [-0.05, 0) is 45.5 Å². The first-order valence-electron chi connectivity index (χ1n) is 8.27. The van der Waals surface area contributed by atoms with Crippen LogP contribution in [-0.4, -0.2) is 36.1 Å². The van der Waals surface area contributed by atoms with E-state index in [-0.39, 0.29) is 0 Å². The van der Waals surface area contributed by atoms with Crippen LogP contribution < -0.4 is 16.4 Å². The number of fused-ring (bicyclic) bond motifs is 1. The quantitative estimate of drug-likeness (QED) is 0.684. The Morgan fingerprint density at radius 3 is 3.09 bits per heavy atom. The van der Waals surface area contributed by atoms with Gasteiger partial charge in [-0.2, -0.15) is 0 Å². The molecule has 2 heterocycles. The van der Waals surface area contributed by atoms with Gasteiger partial charge in [0.15, 0.2) is 0 Å². The maximum Gasteiger partial charge on any atom is 0.0918 e. The summed E-state index contributed by atoms with van der Waals surface area (Å²) in [5, 5.41) is 7.91. The minimum Gasteiger partial charge on any atom is -0.397 e. The molecule has 0 aliphatic carbocycles. The van der Waals surface area contributed by atoms with Gasteiger partial charge in [0.25, 0.3) is 0 Å². The van der Waals surface area contributed by atoms with E-state index in [4.69, 9.17) is 5.73 Å². The number of piperidine rings is 1. The van der Waals surface area contributed by atoms with Gasteiger partial charge in [0.2, 0.25) is 0 Å². The number of nitrogen functional groups attached to an aromatic ring is 1. The molecule has 5 N–H and O–H groups in total. The standard InChI is InChI=1S/C18H27N5/c1-12-6-7-16-15(9-12)18(19)17(22-16)10-20-13(2)21-14-5-4-8-23(3)11-14/h6-7,9,14,20-22H,2,4-5,8,10-11,19H2,1,3H3. The summed E-state index contributed by atoms with van der Waals surface area (Å²) in [6.07, 6.45) is 2.43. The molecule has 1 saturated heterocycles. The van der Waals surface area contributed by atoms with Crippen molar-refractivity contribution in [2.45, 2.75) is 32.4 Å². The van der Waals surface area contributed by atoms with Gasteiger partial charge < -0.3 is 26.3 Å². The zero-order valence-electron chi connectivity index (χ0n) is 14.1. The molecule has 2 aromatic rings. The summed E-state index contributed by atoms with van der Waals surface area (Å²) in [5.41, 5.74) is 10.4. The molecule has 3 rings (SSSR count). The van der Waals surface area contributed by atoms with Crippen LogP contribution in [0, 0.1) is 6.92 Å². The van der Waals surface area contributed by atoms with Crippen molar-refractivity contribution >= 4 is 16.6 Å². The van der Waals surface area contributed by atoms with E-state index in [2.05, 4.69) is 59.3 Å². The van der Waals surface area contributed by atoms with Crippen LogP contribution in [0.3, 0.4) is 0 Å². The molecular formula is C18H27N5. The normalized spacial score (nSPS) is 19.0. The molecule has 1 aliphatic heterocycles. The molecule has 0 radical (unpaired) electrons. The number of aromatic amines is 1. The number of aryl methyl sites for hydroxylation is 1. The molecule has 5 nitrogen and oxygen atoms in total. The van der Waals surface area contributed by atoms with E-state index in [9.17, 15) is 0 Å². The summed E-state index contributed by atoms with van der Waals surface area (Å²) in [6.45, 7) is 9.07. The summed E-state index contributed by atoms with van der Waals surface area (Å²) in [7, 11) is 2.16. The van der Waals surface area contributed by atoms with E-state index < -0.39 is 0 Å². The molecule has 1 fully saturated rings. The van der Waals surface area contributed by atoms with Crippen molar-refractivity contribution in [3.8, 4) is 0 Å². The highest BCUT2D eigenvalue weighted by atomic mass is 15.2. The van der Waals surface area contributed by atoms with Crippen molar-refractivity contribution in [2.75, 3.05) is 25.9 Å². The van der Waals surface area contributed by atoms with Crippen LogP contribution in [0.2, 0.25) is 0 Å². The lowest BCUT2D eigenvalue weighted by Crippen LogP contribution is -2.45. The molecule has 0 saturated carbocycles. The minimum absolute atomic E-state index is 0.469. The molecule has 1 aromatic carbocycles. The fraction of sp³-hybridized carbons (Fsp3) is 0.444. The molecule has 23 heavy (non-hydrogen) atoms. The molecule has 1 aliphatic rings. The Morgan fingerprint density at radius 1 is 1.48 bits per heavy atom. The third kappa shape index (κ3) is 3.62. The highest BCUT2D eigenvalue weighted by molar-refractivity contribution is 5.93. The van der Waals surface area contributed by atoms with Gasteiger partial charge in [-0.15, -0.1) is 0 Å². The Kier molecular flexibility index (Phi) is 4.48. The van der Waals surface area contributed by atoms with Gasteiger partial charge in [-0.1, -0.05) is 18.2 Å². The van der Waals surface area contributed by atoms with Crippen LogP contribution in [0.25, 0.3) is 10.9 Å². The largest absolute Gasteiger partial charge is 0.397 e. The Balaban J connectivity index is 1.59. The zero-order chi connectivity index (χ0) is 16.4. The predicted molar refractivity (Wildman–Crippen MR) is 97.1 cm³/mol. The molecule has 0 spiro atoms. The second-order valence-electron chi connectivity index (χ2n) is 6.64. The first-order valence-corrected chi connectivity index (χ1v) is 8.27. The van der Waals surface area contributed by atoms with Gasteiger partial charge in [0.1, 0.15) is 0 Å². The third-order valence-electron chi connectivity index (χ3n) is 4.56. The first kappa shape index (κ1) is 15.7. The van der Waals surface area contributed by atoms with Crippen LogP contribution >= 0.6 is 0 Å². The Morgan fingerprint density at radius 2 is 2.30 bits per heavy atom. The van der Waals surface area contributed by atoms with Crippen molar-refractivity contribution < 1.29 is 0 Å². The van der Waals surface area contributed by atoms with E-state index in [1.54, 1.807) is 0 Å². The van der Waals surface area contributed by atoms with Crippen molar-refractivity contribution in [1.29, 1.82) is 0 Å². The van der Waals surface area contributed by atoms with E-state index in [0.717, 1.165) is 34.6 Å². The van der Waals surface area contributed by atoms with Crippen molar-refractivity contribution in [3.05, 3.63) is 41.9 Å². The molecule has 1 aromatic heterocycles. The number of likely N-dealkylation sites (N-methyl/N-ethyl adjacent to an activating group) is 1. The number of nitrogens with one attached hydrogen (secondary N) is 3. The summed E-state index contributed by atoms with van der Waals surface area (Å²) in [4.78, 5) is 5.75. The summed E-state index contributed by atoms with van der Waals surface area (Å²) >= 11 is 0. The Labute approximate surface area is 137 Å². The second-order valence-corrected chi connectivity index (χ2v) is 6.64. The van der Waals surface area contributed by atoms with E-state index in [1.165, 1.54) is 24.9 Å². The fourth-order valence-corrected chi connectivity index (χ4v) is 3.30. The first-order chi connectivity index (χ1) is 11.0. The number of likely N-dealkylation sites (tertiary alicyclic amines) is 1. The zero-order valence-corrected chi connectivity index (χ0v) is 14.1. The number of anilines is 1. The van der Waals surface area contributed by atoms with E-state index >= 15 is 0 Å². The van der Waals surface area contributed by atoms with E-state index in [1.807, 2.05) is 0 Å². The monoisotopic (exact) mass is 313 g/mol. The van der Waals surface area contributed by atoms with Crippen LogP contribution in [-0.2, 0) is 6.54 Å². The molecule has 5 heteroatoms. The highest BCUT2D eigenvalue weighted by Gasteiger charge is 2.17. The van der Waals surface area contributed by atoms with Gasteiger partial charge in [-0.25, -0.2) is 0 Å². The van der Waals surface area contributed by atoms with Gasteiger partial charge in [0, 0.05) is 23.5 Å². The molecule has 0 amide bonds. The summed E-state index contributed by atoms with van der Waals surface area (Å²) in [6, 6.07) is 6.76. The number of benzene rings is 1. The SMILES string of the molecule is C=C(NCc1[nH]c2ccc(C)cc2c1N)NC1CCCN(C)C1. The fourth-order valence-electron chi connectivity index (χ4n) is 3.30. The summed E-state index contributed by atoms with van der Waals surface area (Å²) < 4.78 is 0. The summed E-state index contributed by atoms with van der Waals surface area (Å²) in [5.74, 6) is 0.861. The Hall–Kier alpha value is -2.14. The van der Waals surface area contributed by atoms with Crippen LogP contribution in [0.1, 0.15) is 24.1 Å². The lowest BCUT2D eigenvalue weighted by atomic mass is 10.1. The number of hydrogen-bond donors (Lipinski definition) is 4. The van der Waals surface area contributed by atoms with Gasteiger partial charge in [0.05, 0.1) is 23.7 Å². The van der Waals surface area contributed by atoms with Crippen LogP contribution in [0.15, 0.2) is 30.6 Å². The molecule has 1 unspecified atom stereocenters. The average Bonchev–Trinajstić information content (AvgIpc) is 2.81. The van der Waals surface area contributed by atoms with Gasteiger partial charge in [-0.3, -0.25) is 0 Å². The average molecular weight is 313 g/mol. The molecule has 124 valence electrons. The topological polar surface area (TPSA) is 69.1 Å². The highest BCUT2D eigenvalue weighted by Crippen LogP contribution is 2.25. The molecule has 0 bridgehead atoms. The van der Waals surface area contributed by atoms with Crippen molar-refractivity contribution in [2.24, 2.45) is 0 Å². The third-order valence-corrected chi connectivity index (χ3v) is 4.56.